The first-order valence-electron chi connectivity index (χ1n) is 6.41. The van der Waals surface area contributed by atoms with Gasteiger partial charge in [-0.25, -0.2) is 0 Å². The van der Waals surface area contributed by atoms with Crippen LogP contribution in [-0.2, 0) is 0 Å². The van der Waals surface area contributed by atoms with Crippen LogP contribution in [0.4, 0.5) is 0 Å². The molecule has 1 atom stereocenters. The van der Waals surface area contributed by atoms with Crippen molar-refractivity contribution in [3.05, 3.63) is 58.1 Å². The number of nitrogens with two attached hydrogens (primary N) is 1. The molecule has 0 saturated carbocycles. The van der Waals surface area contributed by atoms with Gasteiger partial charge in [0.25, 0.3) is 0 Å². The first-order chi connectivity index (χ1) is 9.63. The molecule has 2 rings (SSSR count). The Hall–Kier alpha value is -1.52. The van der Waals surface area contributed by atoms with Crippen LogP contribution in [0, 0.1) is 6.92 Å². The van der Waals surface area contributed by atoms with Crippen molar-refractivity contribution in [1.82, 2.24) is 0 Å². The van der Waals surface area contributed by atoms with Crippen molar-refractivity contribution < 1.29 is 9.47 Å². The Morgan fingerprint density at radius 3 is 2.65 bits per heavy atom. The van der Waals surface area contributed by atoms with Crippen molar-refractivity contribution in [3.63, 3.8) is 0 Å². The highest BCUT2D eigenvalue weighted by Crippen LogP contribution is 2.28. The quantitative estimate of drug-likeness (QED) is 0.902. The van der Waals surface area contributed by atoms with Crippen LogP contribution >= 0.6 is 15.9 Å². The molecular formula is C16H18BrNO2. The Morgan fingerprint density at radius 2 is 2.00 bits per heavy atom. The van der Waals surface area contributed by atoms with Gasteiger partial charge in [0.15, 0.2) is 0 Å². The fraction of sp³-hybridized carbons (Fsp3) is 0.250. The van der Waals surface area contributed by atoms with E-state index in [9.17, 15) is 0 Å². The van der Waals surface area contributed by atoms with Crippen LogP contribution in [0.3, 0.4) is 0 Å². The van der Waals surface area contributed by atoms with Gasteiger partial charge in [-0.05, 0) is 48.4 Å². The van der Waals surface area contributed by atoms with Crippen molar-refractivity contribution in [1.29, 1.82) is 0 Å². The van der Waals surface area contributed by atoms with E-state index in [1.807, 2.05) is 49.4 Å². The van der Waals surface area contributed by atoms with E-state index < -0.39 is 0 Å². The zero-order valence-corrected chi connectivity index (χ0v) is 13.2. The summed E-state index contributed by atoms with van der Waals surface area (Å²) in [5.41, 5.74) is 7.93. The number of halogens is 1. The summed E-state index contributed by atoms with van der Waals surface area (Å²) in [5.74, 6) is 1.64. The number of methoxy groups -OCH3 is 1. The van der Waals surface area contributed by atoms with E-state index in [1.54, 1.807) is 7.11 Å². The average Bonchev–Trinajstić information content (AvgIpc) is 2.46. The SMILES string of the molecule is COc1cccc(C(CN)Oc2ccc(Br)cc2C)c1. The molecule has 0 amide bonds. The van der Waals surface area contributed by atoms with E-state index in [1.165, 1.54) is 0 Å². The molecule has 106 valence electrons. The summed E-state index contributed by atoms with van der Waals surface area (Å²) in [6.07, 6.45) is -0.190. The fourth-order valence-corrected chi connectivity index (χ4v) is 2.47. The molecule has 0 heterocycles. The van der Waals surface area contributed by atoms with Gasteiger partial charge in [0.2, 0.25) is 0 Å². The molecule has 0 aromatic heterocycles. The molecule has 3 nitrogen and oxygen atoms in total. The monoisotopic (exact) mass is 335 g/mol. The van der Waals surface area contributed by atoms with Crippen molar-refractivity contribution in [3.8, 4) is 11.5 Å². The van der Waals surface area contributed by atoms with E-state index >= 15 is 0 Å². The molecule has 0 aliphatic heterocycles. The van der Waals surface area contributed by atoms with Crippen molar-refractivity contribution in [2.75, 3.05) is 13.7 Å². The van der Waals surface area contributed by atoms with Gasteiger partial charge < -0.3 is 15.2 Å². The minimum absolute atomic E-state index is 0.190. The molecule has 0 spiro atoms. The zero-order chi connectivity index (χ0) is 14.5. The van der Waals surface area contributed by atoms with Gasteiger partial charge >= 0.3 is 0 Å². The second kappa shape index (κ2) is 6.77. The van der Waals surface area contributed by atoms with Crippen LogP contribution in [0.2, 0.25) is 0 Å². The van der Waals surface area contributed by atoms with E-state index in [0.717, 1.165) is 27.1 Å². The van der Waals surface area contributed by atoms with Crippen molar-refractivity contribution in [2.45, 2.75) is 13.0 Å². The van der Waals surface area contributed by atoms with Gasteiger partial charge in [0.1, 0.15) is 17.6 Å². The molecule has 2 N–H and O–H groups in total. The standard InChI is InChI=1S/C16H18BrNO2/c1-11-8-13(17)6-7-15(11)20-16(10-18)12-4-3-5-14(9-12)19-2/h3-9,16H,10,18H2,1-2H3. The minimum Gasteiger partial charge on any atom is -0.497 e. The largest absolute Gasteiger partial charge is 0.497 e. The number of aryl methyl sites for hydroxylation is 1. The highest BCUT2D eigenvalue weighted by atomic mass is 79.9. The smallest absolute Gasteiger partial charge is 0.136 e. The third-order valence-corrected chi connectivity index (χ3v) is 3.58. The lowest BCUT2D eigenvalue weighted by Gasteiger charge is -2.20. The number of rotatable bonds is 5. The third kappa shape index (κ3) is 3.52. The molecule has 0 saturated heterocycles. The lowest BCUT2D eigenvalue weighted by molar-refractivity contribution is 0.212. The maximum atomic E-state index is 6.03. The van der Waals surface area contributed by atoms with E-state index in [-0.39, 0.29) is 6.10 Å². The van der Waals surface area contributed by atoms with E-state index in [4.69, 9.17) is 15.2 Å². The maximum Gasteiger partial charge on any atom is 0.136 e. The van der Waals surface area contributed by atoms with Crippen LogP contribution in [0.15, 0.2) is 46.9 Å². The number of ether oxygens (including phenoxy) is 2. The van der Waals surface area contributed by atoms with Crippen LogP contribution in [0.1, 0.15) is 17.2 Å². The first kappa shape index (κ1) is 14.9. The number of benzene rings is 2. The van der Waals surface area contributed by atoms with Gasteiger partial charge in [0, 0.05) is 11.0 Å². The summed E-state index contributed by atoms with van der Waals surface area (Å²) in [4.78, 5) is 0. The third-order valence-electron chi connectivity index (χ3n) is 3.09. The molecule has 4 heteroatoms. The normalized spacial score (nSPS) is 12.0. The molecule has 0 bridgehead atoms. The molecule has 0 radical (unpaired) electrons. The number of hydrogen-bond acceptors (Lipinski definition) is 3. The maximum absolute atomic E-state index is 6.03. The number of hydrogen-bond donors (Lipinski definition) is 1. The molecule has 0 aliphatic rings. The second-order valence-electron chi connectivity index (χ2n) is 4.53. The Morgan fingerprint density at radius 1 is 1.20 bits per heavy atom. The van der Waals surface area contributed by atoms with Crippen molar-refractivity contribution in [2.24, 2.45) is 5.73 Å². The Bertz CT molecular complexity index is 586. The minimum atomic E-state index is -0.190. The lowest BCUT2D eigenvalue weighted by Crippen LogP contribution is -2.18. The predicted octanol–water partition coefficient (Wildman–Crippen LogP) is 3.84. The molecule has 2 aromatic rings. The summed E-state index contributed by atoms with van der Waals surface area (Å²) in [6.45, 7) is 2.42. The van der Waals surface area contributed by atoms with Gasteiger partial charge in [0.05, 0.1) is 7.11 Å². The highest BCUT2D eigenvalue weighted by molar-refractivity contribution is 9.10. The fourth-order valence-electron chi connectivity index (χ4n) is 1.99. The summed E-state index contributed by atoms with van der Waals surface area (Å²) < 4.78 is 12.3. The molecular weight excluding hydrogens is 318 g/mol. The molecule has 20 heavy (non-hydrogen) atoms. The van der Waals surface area contributed by atoms with Gasteiger partial charge in [-0.2, -0.15) is 0 Å². The zero-order valence-electron chi connectivity index (χ0n) is 11.6. The van der Waals surface area contributed by atoms with Crippen LogP contribution in [0.5, 0.6) is 11.5 Å². The molecule has 0 aliphatic carbocycles. The summed E-state index contributed by atoms with van der Waals surface area (Å²) in [7, 11) is 1.65. The average molecular weight is 336 g/mol. The Balaban J connectivity index is 2.23. The summed E-state index contributed by atoms with van der Waals surface area (Å²) >= 11 is 3.45. The topological polar surface area (TPSA) is 44.5 Å². The molecule has 0 fully saturated rings. The van der Waals surface area contributed by atoms with Crippen LogP contribution in [0.25, 0.3) is 0 Å². The first-order valence-corrected chi connectivity index (χ1v) is 7.20. The molecule has 2 aromatic carbocycles. The summed E-state index contributed by atoms with van der Waals surface area (Å²) in [6, 6.07) is 13.7. The lowest BCUT2D eigenvalue weighted by atomic mass is 10.1. The van der Waals surface area contributed by atoms with E-state index in [2.05, 4.69) is 15.9 Å². The van der Waals surface area contributed by atoms with Gasteiger partial charge in [-0.15, -0.1) is 0 Å². The predicted molar refractivity (Wildman–Crippen MR) is 84.3 cm³/mol. The second-order valence-corrected chi connectivity index (χ2v) is 5.44. The summed E-state index contributed by atoms with van der Waals surface area (Å²) in [5, 5.41) is 0. The molecule has 1 unspecified atom stereocenters. The Kier molecular flexibility index (Phi) is 5.04. The van der Waals surface area contributed by atoms with E-state index in [0.29, 0.717) is 6.54 Å². The highest BCUT2D eigenvalue weighted by Gasteiger charge is 2.13. The van der Waals surface area contributed by atoms with Gasteiger partial charge in [-0.1, -0.05) is 28.1 Å². The van der Waals surface area contributed by atoms with Gasteiger partial charge in [-0.3, -0.25) is 0 Å². The van der Waals surface area contributed by atoms with Crippen LogP contribution < -0.4 is 15.2 Å². The van der Waals surface area contributed by atoms with Crippen molar-refractivity contribution >= 4 is 15.9 Å². The Labute approximate surface area is 127 Å². The van der Waals surface area contributed by atoms with Crippen LogP contribution in [-0.4, -0.2) is 13.7 Å².